The lowest BCUT2D eigenvalue weighted by Gasteiger charge is -2.12. The average molecular weight is 335 g/mol. The Morgan fingerprint density at radius 1 is 1.27 bits per heavy atom. The molecule has 0 saturated heterocycles. The van der Waals surface area contributed by atoms with Crippen LogP contribution < -0.4 is 5.32 Å². The number of hydrogen-bond acceptors (Lipinski definition) is 3. The highest BCUT2D eigenvalue weighted by Crippen LogP contribution is 2.19. The second-order valence-electron chi connectivity index (χ2n) is 5.10. The first-order valence-electron chi connectivity index (χ1n) is 7.10. The quantitative estimate of drug-likeness (QED) is 0.868. The summed E-state index contributed by atoms with van der Waals surface area (Å²) in [5.74, 6) is 0.841. The van der Waals surface area contributed by atoms with Gasteiger partial charge in [-0.3, -0.25) is 9.78 Å². The molecule has 1 aromatic heterocycles. The van der Waals surface area contributed by atoms with Crippen LogP contribution in [0.2, 0.25) is 5.02 Å². The van der Waals surface area contributed by atoms with Gasteiger partial charge in [-0.05, 0) is 49.2 Å². The maximum Gasteiger partial charge on any atom is 0.233 e. The van der Waals surface area contributed by atoms with Crippen LogP contribution in [0.15, 0.2) is 42.6 Å². The van der Waals surface area contributed by atoms with Crippen LogP contribution in [0.1, 0.15) is 23.7 Å². The van der Waals surface area contributed by atoms with Crippen molar-refractivity contribution in [3.8, 4) is 0 Å². The molecule has 0 aliphatic heterocycles. The van der Waals surface area contributed by atoms with Crippen molar-refractivity contribution >= 4 is 29.3 Å². The SMILES string of the molecule is Cc1cc(CNC(=O)[C@H](C)SCc2ccc(Cl)cc2)ccn1. The van der Waals surface area contributed by atoms with Crippen LogP contribution in [0.3, 0.4) is 0 Å². The predicted octanol–water partition coefficient (Wildman–Crippen LogP) is 3.98. The number of pyridine rings is 1. The number of benzene rings is 1. The van der Waals surface area contributed by atoms with Gasteiger partial charge in [0.2, 0.25) is 5.91 Å². The fourth-order valence-corrected chi connectivity index (χ4v) is 2.92. The minimum absolute atomic E-state index is 0.0495. The van der Waals surface area contributed by atoms with Crippen molar-refractivity contribution in [2.45, 2.75) is 31.4 Å². The molecule has 0 unspecified atom stereocenters. The molecular formula is C17H19ClN2OS. The average Bonchev–Trinajstić information content (AvgIpc) is 2.52. The maximum atomic E-state index is 12.1. The van der Waals surface area contributed by atoms with Crippen LogP contribution in [-0.2, 0) is 17.1 Å². The summed E-state index contributed by atoms with van der Waals surface area (Å²) in [7, 11) is 0. The molecule has 0 saturated carbocycles. The monoisotopic (exact) mass is 334 g/mol. The van der Waals surface area contributed by atoms with Gasteiger partial charge >= 0.3 is 0 Å². The standard InChI is InChI=1S/C17H19ClN2OS/c1-12-9-15(7-8-19-12)10-20-17(21)13(2)22-11-14-3-5-16(18)6-4-14/h3-9,13H,10-11H2,1-2H3,(H,20,21)/t13-/m0/s1. The molecule has 1 atom stereocenters. The van der Waals surface area contributed by atoms with E-state index in [9.17, 15) is 4.79 Å². The third-order valence-electron chi connectivity index (χ3n) is 3.21. The van der Waals surface area contributed by atoms with Gasteiger partial charge in [-0.25, -0.2) is 0 Å². The van der Waals surface area contributed by atoms with Gasteiger partial charge in [0, 0.05) is 29.2 Å². The van der Waals surface area contributed by atoms with Crippen LogP contribution >= 0.6 is 23.4 Å². The maximum absolute atomic E-state index is 12.1. The molecule has 0 spiro atoms. The number of aromatic nitrogens is 1. The summed E-state index contributed by atoms with van der Waals surface area (Å²) in [6.45, 7) is 4.40. The summed E-state index contributed by atoms with van der Waals surface area (Å²) >= 11 is 7.47. The van der Waals surface area contributed by atoms with E-state index in [0.29, 0.717) is 6.54 Å². The lowest BCUT2D eigenvalue weighted by Crippen LogP contribution is -2.30. The van der Waals surface area contributed by atoms with Gasteiger partial charge in [0.15, 0.2) is 0 Å². The molecule has 22 heavy (non-hydrogen) atoms. The summed E-state index contributed by atoms with van der Waals surface area (Å²) in [4.78, 5) is 16.3. The van der Waals surface area contributed by atoms with Gasteiger partial charge in [0.25, 0.3) is 0 Å². The molecular weight excluding hydrogens is 316 g/mol. The molecule has 1 N–H and O–H groups in total. The number of amides is 1. The lowest BCUT2D eigenvalue weighted by molar-refractivity contribution is -0.120. The normalized spacial score (nSPS) is 12.0. The van der Waals surface area contributed by atoms with Crippen LogP contribution in [0, 0.1) is 6.92 Å². The van der Waals surface area contributed by atoms with Crippen LogP contribution in [0.25, 0.3) is 0 Å². The fourth-order valence-electron chi connectivity index (χ4n) is 1.92. The molecule has 0 bridgehead atoms. The molecule has 0 radical (unpaired) electrons. The number of thioether (sulfide) groups is 1. The molecule has 0 aliphatic carbocycles. The van der Waals surface area contributed by atoms with E-state index in [-0.39, 0.29) is 11.2 Å². The molecule has 116 valence electrons. The first-order chi connectivity index (χ1) is 10.5. The van der Waals surface area contributed by atoms with E-state index in [2.05, 4.69) is 10.3 Å². The van der Waals surface area contributed by atoms with E-state index in [4.69, 9.17) is 11.6 Å². The van der Waals surface area contributed by atoms with Crippen molar-refractivity contribution < 1.29 is 4.79 Å². The van der Waals surface area contributed by atoms with Crippen molar-refractivity contribution in [2.24, 2.45) is 0 Å². The van der Waals surface area contributed by atoms with Crippen molar-refractivity contribution in [3.05, 3.63) is 64.4 Å². The highest BCUT2D eigenvalue weighted by Gasteiger charge is 2.13. The van der Waals surface area contributed by atoms with Gasteiger partial charge in [0.05, 0.1) is 5.25 Å². The fraction of sp³-hybridized carbons (Fsp3) is 0.294. The third-order valence-corrected chi connectivity index (χ3v) is 4.68. The van der Waals surface area contributed by atoms with E-state index in [0.717, 1.165) is 22.0 Å². The predicted molar refractivity (Wildman–Crippen MR) is 93.0 cm³/mol. The zero-order chi connectivity index (χ0) is 15.9. The molecule has 1 aromatic carbocycles. The summed E-state index contributed by atoms with van der Waals surface area (Å²) in [6.07, 6.45) is 1.76. The van der Waals surface area contributed by atoms with E-state index in [1.54, 1.807) is 18.0 Å². The Hall–Kier alpha value is -1.52. The molecule has 0 fully saturated rings. The minimum Gasteiger partial charge on any atom is -0.351 e. The topological polar surface area (TPSA) is 42.0 Å². The molecule has 1 amide bonds. The number of carbonyl (C=O) groups is 1. The van der Waals surface area contributed by atoms with Gasteiger partial charge < -0.3 is 5.32 Å². The lowest BCUT2D eigenvalue weighted by atomic mass is 10.2. The van der Waals surface area contributed by atoms with E-state index in [1.165, 1.54) is 5.56 Å². The van der Waals surface area contributed by atoms with E-state index >= 15 is 0 Å². The Kier molecular flexibility index (Phi) is 6.28. The summed E-state index contributed by atoms with van der Waals surface area (Å²) in [6, 6.07) is 11.6. The molecule has 1 heterocycles. The first kappa shape index (κ1) is 16.8. The van der Waals surface area contributed by atoms with Crippen LogP contribution in [-0.4, -0.2) is 16.1 Å². The summed E-state index contributed by atoms with van der Waals surface area (Å²) in [5, 5.41) is 3.59. The first-order valence-corrected chi connectivity index (χ1v) is 8.52. The Morgan fingerprint density at radius 2 is 2.00 bits per heavy atom. The molecule has 3 nitrogen and oxygen atoms in total. The highest BCUT2D eigenvalue weighted by atomic mass is 35.5. The van der Waals surface area contributed by atoms with E-state index < -0.39 is 0 Å². The zero-order valence-corrected chi connectivity index (χ0v) is 14.2. The van der Waals surface area contributed by atoms with Gasteiger partial charge in [-0.1, -0.05) is 23.7 Å². The van der Waals surface area contributed by atoms with Crippen LogP contribution in [0.5, 0.6) is 0 Å². The summed E-state index contributed by atoms with van der Waals surface area (Å²) < 4.78 is 0. The van der Waals surface area contributed by atoms with Gasteiger partial charge in [0.1, 0.15) is 0 Å². The van der Waals surface area contributed by atoms with Gasteiger partial charge in [-0.15, -0.1) is 11.8 Å². The number of carbonyl (C=O) groups excluding carboxylic acids is 1. The van der Waals surface area contributed by atoms with Crippen molar-refractivity contribution in [1.82, 2.24) is 10.3 Å². The summed E-state index contributed by atoms with van der Waals surface area (Å²) in [5.41, 5.74) is 3.19. The Labute approximate surface area is 140 Å². The largest absolute Gasteiger partial charge is 0.351 e. The Morgan fingerprint density at radius 3 is 2.68 bits per heavy atom. The number of nitrogens with zero attached hydrogens (tertiary/aromatic N) is 1. The number of hydrogen-bond donors (Lipinski definition) is 1. The second-order valence-corrected chi connectivity index (χ2v) is 6.87. The third kappa shape index (κ3) is 5.35. The Bertz CT molecular complexity index is 631. The highest BCUT2D eigenvalue weighted by molar-refractivity contribution is 7.99. The van der Waals surface area contributed by atoms with Crippen molar-refractivity contribution in [2.75, 3.05) is 0 Å². The van der Waals surface area contributed by atoms with Crippen LogP contribution in [0.4, 0.5) is 0 Å². The van der Waals surface area contributed by atoms with Gasteiger partial charge in [-0.2, -0.15) is 0 Å². The van der Waals surface area contributed by atoms with Crippen molar-refractivity contribution in [1.29, 1.82) is 0 Å². The number of aryl methyl sites for hydroxylation is 1. The molecule has 0 aliphatic rings. The zero-order valence-electron chi connectivity index (χ0n) is 12.7. The minimum atomic E-state index is -0.0985. The number of rotatable bonds is 6. The molecule has 2 aromatic rings. The number of nitrogens with one attached hydrogen (secondary N) is 1. The van der Waals surface area contributed by atoms with E-state index in [1.807, 2.05) is 50.2 Å². The molecule has 5 heteroatoms. The van der Waals surface area contributed by atoms with Crippen molar-refractivity contribution in [3.63, 3.8) is 0 Å². The number of halogens is 1. The second kappa shape index (κ2) is 8.20. The molecule has 2 rings (SSSR count). The Balaban J connectivity index is 1.78. The smallest absolute Gasteiger partial charge is 0.233 e.